The topological polar surface area (TPSA) is 37.7 Å². The van der Waals surface area contributed by atoms with E-state index in [9.17, 15) is 4.79 Å². The Hall–Kier alpha value is -2.01. The van der Waals surface area contributed by atoms with Gasteiger partial charge in [-0.15, -0.1) is 0 Å². The van der Waals surface area contributed by atoms with E-state index in [1.165, 1.54) is 4.57 Å². The first-order valence-electron chi connectivity index (χ1n) is 8.32. The third-order valence-corrected chi connectivity index (χ3v) is 4.26. The van der Waals surface area contributed by atoms with Crippen molar-refractivity contribution >= 4 is 22.7 Å². The Morgan fingerprint density at radius 1 is 1.12 bits per heavy atom. The van der Waals surface area contributed by atoms with E-state index >= 15 is 0 Å². The molecule has 1 saturated heterocycles. The van der Waals surface area contributed by atoms with Gasteiger partial charge in [0.1, 0.15) is 5.60 Å². The van der Waals surface area contributed by atoms with Crippen LogP contribution in [0.15, 0.2) is 24.3 Å². The lowest BCUT2D eigenvalue weighted by molar-refractivity contribution is 0.0543. The molecule has 0 saturated carbocycles. The molecular formula is C19H25N3O2. The molecule has 0 aliphatic carbocycles. The van der Waals surface area contributed by atoms with E-state index in [4.69, 9.17) is 11.7 Å². The number of likely N-dealkylation sites (N-methyl/N-ethyl adjacent to an activating group) is 1. The second-order valence-electron chi connectivity index (χ2n) is 7.42. The molecule has 3 rings (SSSR count). The maximum atomic E-state index is 12.4. The molecular weight excluding hydrogens is 302 g/mol. The fourth-order valence-corrected chi connectivity index (χ4v) is 3.00. The van der Waals surface area contributed by atoms with Gasteiger partial charge in [-0.3, -0.25) is 0 Å². The summed E-state index contributed by atoms with van der Waals surface area (Å²) in [4.78, 5) is 17.1. The van der Waals surface area contributed by atoms with Crippen molar-refractivity contribution in [2.45, 2.75) is 26.4 Å². The lowest BCUT2D eigenvalue weighted by atomic mass is 10.2. The van der Waals surface area contributed by atoms with Crippen LogP contribution < -0.4 is 4.90 Å². The van der Waals surface area contributed by atoms with Crippen LogP contribution in [0.3, 0.4) is 0 Å². The Kier molecular flexibility index (Phi) is 4.30. The van der Waals surface area contributed by atoms with E-state index in [0.717, 1.165) is 42.8 Å². The number of anilines is 1. The van der Waals surface area contributed by atoms with Crippen molar-refractivity contribution < 1.29 is 9.53 Å². The Morgan fingerprint density at radius 2 is 1.79 bits per heavy atom. The predicted octanol–water partition coefficient (Wildman–Crippen LogP) is 3.24. The van der Waals surface area contributed by atoms with E-state index in [0.29, 0.717) is 5.69 Å². The summed E-state index contributed by atoms with van der Waals surface area (Å²) in [6.45, 7) is 15.7. The van der Waals surface area contributed by atoms with Crippen LogP contribution >= 0.6 is 0 Å². The van der Waals surface area contributed by atoms with Crippen LogP contribution in [0.2, 0.25) is 0 Å². The van der Waals surface area contributed by atoms with E-state index < -0.39 is 11.7 Å². The van der Waals surface area contributed by atoms with Crippen molar-refractivity contribution in [3.8, 4) is 0 Å². The molecule has 2 radical (unpaired) electrons. The molecule has 0 bridgehead atoms. The minimum Gasteiger partial charge on any atom is -0.443 e. The Bertz CT molecular complexity index is 750. The highest BCUT2D eigenvalue weighted by molar-refractivity contribution is 5.93. The summed E-state index contributed by atoms with van der Waals surface area (Å²) in [5, 5.41) is 0.954. The molecule has 2 aromatic rings. The molecule has 5 nitrogen and oxygen atoms in total. The zero-order valence-corrected chi connectivity index (χ0v) is 14.9. The van der Waals surface area contributed by atoms with Crippen molar-refractivity contribution in [1.29, 1.82) is 0 Å². The Morgan fingerprint density at radius 3 is 2.42 bits per heavy atom. The van der Waals surface area contributed by atoms with Crippen molar-refractivity contribution in [3.63, 3.8) is 0 Å². The number of aromatic nitrogens is 1. The fraction of sp³-hybridized carbons (Fsp3) is 0.474. The van der Waals surface area contributed by atoms with Gasteiger partial charge in [0.15, 0.2) is 0 Å². The molecule has 0 spiro atoms. The number of piperazine rings is 1. The highest BCUT2D eigenvalue weighted by Crippen LogP contribution is 2.27. The molecule has 1 aliphatic heterocycles. The molecule has 0 atom stereocenters. The maximum Gasteiger partial charge on any atom is 0.419 e. The molecule has 128 valence electrons. The van der Waals surface area contributed by atoms with Crippen LogP contribution in [0.25, 0.3) is 10.9 Å². The lowest BCUT2D eigenvalue weighted by Gasteiger charge is -2.34. The zero-order chi connectivity index (χ0) is 17.5. The van der Waals surface area contributed by atoms with Crippen LogP contribution in [0, 0.1) is 6.92 Å². The molecule has 1 aromatic carbocycles. The normalized spacial score (nSPS) is 16.6. The van der Waals surface area contributed by atoms with E-state index in [2.05, 4.69) is 22.9 Å². The van der Waals surface area contributed by atoms with Gasteiger partial charge in [-0.05, 0) is 52.1 Å². The van der Waals surface area contributed by atoms with Crippen molar-refractivity contribution in [2.75, 3.05) is 38.1 Å². The van der Waals surface area contributed by atoms with Crippen LogP contribution in [-0.2, 0) is 4.74 Å². The van der Waals surface area contributed by atoms with Crippen LogP contribution in [-0.4, -0.2) is 54.4 Å². The van der Waals surface area contributed by atoms with Gasteiger partial charge < -0.3 is 14.5 Å². The summed E-state index contributed by atoms with van der Waals surface area (Å²) in [5.41, 5.74) is 1.78. The molecule has 1 fully saturated rings. The summed E-state index contributed by atoms with van der Waals surface area (Å²) >= 11 is 0. The van der Waals surface area contributed by atoms with E-state index in [1.54, 1.807) is 0 Å². The number of benzene rings is 1. The maximum absolute atomic E-state index is 12.4. The average molecular weight is 327 g/mol. The SMILES string of the molecule is [CH]c1cc2cc(N3CCN(C)CC3)ccc2n1C(=O)OC(C)(C)C. The quantitative estimate of drug-likeness (QED) is 0.806. The lowest BCUT2D eigenvalue weighted by Crippen LogP contribution is -2.44. The first kappa shape index (κ1) is 16.8. The monoisotopic (exact) mass is 327 g/mol. The third-order valence-electron chi connectivity index (χ3n) is 4.26. The fourth-order valence-electron chi connectivity index (χ4n) is 3.00. The molecule has 0 N–H and O–H groups in total. The zero-order valence-electron chi connectivity index (χ0n) is 14.9. The number of hydrogen-bond donors (Lipinski definition) is 0. The number of hydrogen-bond acceptors (Lipinski definition) is 4. The largest absolute Gasteiger partial charge is 0.443 e. The van der Waals surface area contributed by atoms with Crippen molar-refractivity contribution in [3.05, 3.63) is 36.9 Å². The highest BCUT2D eigenvalue weighted by Gasteiger charge is 2.21. The number of fused-ring (bicyclic) bond motifs is 1. The number of ether oxygens (including phenoxy) is 1. The van der Waals surface area contributed by atoms with Crippen LogP contribution in [0.5, 0.6) is 0 Å². The molecule has 0 amide bonds. The number of nitrogens with zero attached hydrogens (tertiary/aromatic N) is 3. The number of carbonyl (C=O) groups is 1. The molecule has 2 heterocycles. The smallest absolute Gasteiger partial charge is 0.419 e. The van der Waals surface area contributed by atoms with Crippen molar-refractivity contribution in [2.24, 2.45) is 0 Å². The second kappa shape index (κ2) is 6.13. The van der Waals surface area contributed by atoms with Crippen LogP contribution in [0.1, 0.15) is 26.5 Å². The number of rotatable bonds is 1. The highest BCUT2D eigenvalue weighted by atomic mass is 16.6. The second-order valence-corrected chi connectivity index (χ2v) is 7.42. The third kappa shape index (κ3) is 3.41. The van der Waals surface area contributed by atoms with Gasteiger partial charge in [0.2, 0.25) is 0 Å². The minimum absolute atomic E-state index is 0.398. The molecule has 5 heteroatoms. The summed E-state index contributed by atoms with van der Waals surface area (Å²) in [7, 11) is 2.14. The van der Waals surface area contributed by atoms with Crippen LogP contribution in [0.4, 0.5) is 10.5 Å². The minimum atomic E-state index is -0.556. The molecule has 24 heavy (non-hydrogen) atoms. The van der Waals surface area contributed by atoms with Gasteiger partial charge >= 0.3 is 6.09 Å². The van der Waals surface area contributed by atoms with Gasteiger partial charge in [-0.1, -0.05) is 0 Å². The van der Waals surface area contributed by atoms with Gasteiger partial charge in [-0.25, -0.2) is 9.36 Å². The molecule has 0 unspecified atom stereocenters. The van der Waals surface area contributed by atoms with Gasteiger partial charge in [0.05, 0.1) is 5.52 Å². The summed E-state index contributed by atoms with van der Waals surface area (Å²) in [6.07, 6.45) is -0.442. The first-order chi connectivity index (χ1) is 11.2. The van der Waals surface area contributed by atoms with E-state index in [-0.39, 0.29) is 0 Å². The molecule has 1 aliphatic rings. The van der Waals surface area contributed by atoms with Gasteiger partial charge in [0, 0.05) is 49.9 Å². The van der Waals surface area contributed by atoms with Gasteiger partial charge in [0.25, 0.3) is 0 Å². The summed E-state index contributed by atoms with van der Waals surface area (Å²) in [5.74, 6) is 0. The predicted molar refractivity (Wildman–Crippen MR) is 96.7 cm³/mol. The van der Waals surface area contributed by atoms with E-state index in [1.807, 2.05) is 39.0 Å². The summed E-state index contributed by atoms with van der Waals surface area (Å²) in [6, 6.07) is 7.92. The Labute approximate surface area is 143 Å². The van der Waals surface area contributed by atoms with Gasteiger partial charge in [-0.2, -0.15) is 0 Å². The molecule has 1 aromatic heterocycles. The summed E-state index contributed by atoms with van der Waals surface area (Å²) < 4.78 is 6.90. The Balaban J connectivity index is 1.91. The first-order valence-corrected chi connectivity index (χ1v) is 8.32. The number of carbonyl (C=O) groups excluding carboxylic acids is 1. The standard InChI is InChI=1S/C19H25N3O2/c1-14-12-15-13-16(21-10-8-20(5)9-11-21)6-7-17(15)22(14)18(23)24-19(2,3)4/h1,6-7,12-13H,8-11H2,2-5H3. The average Bonchev–Trinajstić information content (AvgIpc) is 2.81. The van der Waals surface area contributed by atoms with Crippen molar-refractivity contribution in [1.82, 2.24) is 9.47 Å².